The minimum atomic E-state index is -0.185. The zero-order valence-corrected chi connectivity index (χ0v) is 14.2. The predicted molar refractivity (Wildman–Crippen MR) is 89.1 cm³/mol. The molecule has 0 unspecified atom stereocenters. The molecule has 1 amide bonds. The predicted octanol–water partition coefficient (Wildman–Crippen LogP) is 3.64. The minimum absolute atomic E-state index is 0.185. The van der Waals surface area contributed by atoms with Gasteiger partial charge in [-0.25, -0.2) is 5.43 Å². The fourth-order valence-electron chi connectivity index (χ4n) is 2.24. The number of amides is 1. The highest BCUT2D eigenvalue weighted by molar-refractivity contribution is 9.10. The highest BCUT2D eigenvalue weighted by atomic mass is 79.9. The molecule has 0 radical (unpaired) electrons. The van der Waals surface area contributed by atoms with E-state index < -0.39 is 0 Å². The van der Waals surface area contributed by atoms with Crippen LogP contribution in [0.4, 0.5) is 0 Å². The van der Waals surface area contributed by atoms with Crippen molar-refractivity contribution in [2.24, 2.45) is 5.10 Å². The molecule has 0 aliphatic rings. The van der Waals surface area contributed by atoms with E-state index >= 15 is 0 Å². The summed E-state index contributed by atoms with van der Waals surface area (Å²) in [6, 6.07) is 8.37. The molecule has 1 aromatic carbocycles. The number of benzene rings is 1. The standard InChI is InChI=1S/C16H18BrN3O/c1-10-5-7-14(8-6-10)20-11(2)15(16(17)12(20)3)9-18-19-13(4)21/h5-9H,1-4H3,(H,19,21)/b18-9-. The molecule has 0 bridgehead atoms. The molecule has 0 saturated heterocycles. The number of hydrogen-bond acceptors (Lipinski definition) is 2. The Kier molecular flexibility index (Phi) is 4.63. The van der Waals surface area contributed by atoms with Crippen LogP contribution in [0.15, 0.2) is 33.8 Å². The van der Waals surface area contributed by atoms with Crippen molar-refractivity contribution < 1.29 is 4.79 Å². The molecule has 0 aliphatic heterocycles. The Morgan fingerprint density at radius 2 is 1.81 bits per heavy atom. The summed E-state index contributed by atoms with van der Waals surface area (Å²) in [6.07, 6.45) is 1.67. The maximum absolute atomic E-state index is 10.9. The molecule has 1 heterocycles. The van der Waals surface area contributed by atoms with Crippen LogP contribution >= 0.6 is 15.9 Å². The van der Waals surface area contributed by atoms with Gasteiger partial charge in [0.1, 0.15) is 0 Å². The van der Waals surface area contributed by atoms with E-state index in [2.05, 4.69) is 62.2 Å². The normalized spacial score (nSPS) is 11.1. The van der Waals surface area contributed by atoms with Crippen molar-refractivity contribution in [1.29, 1.82) is 0 Å². The Morgan fingerprint density at radius 3 is 2.38 bits per heavy atom. The van der Waals surface area contributed by atoms with Crippen LogP contribution in [0.5, 0.6) is 0 Å². The Hall–Kier alpha value is -1.88. The first kappa shape index (κ1) is 15.5. The molecule has 2 aromatic rings. The lowest BCUT2D eigenvalue weighted by atomic mass is 10.2. The van der Waals surface area contributed by atoms with E-state index in [1.807, 2.05) is 13.8 Å². The smallest absolute Gasteiger partial charge is 0.236 e. The third kappa shape index (κ3) is 3.24. The number of hydrazone groups is 1. The van der Waals surface area contributed by atoms with Crippen molar-refractivity contribution in [1.82, 2.24) is 9.99 Å². The summed E-state index contributed by atoms with van der Waals surface area (Å²) in [5.41, 5.74) is 7.89. The SMILES string of the molecule is CC(=O)N/N=C\c1c(Br)c(C)n(-c2ccc(C)cc2)c1C. The zero-order chi connectivity index (χ0) is 15.6. The molecule has 4 nitrogen and oxygen atoms in total. The number of rotatable bonds is 3. The van der Waals surface area contributed by atoms with Gasteiger partial charge in [-0.15, -0.1) is 0 Å². The lowest BCUT2D eigenvalue weighted by molar-refractivity contribution is -0.118. The third-order valence-electron chi connectivity index (χ3n) is 3.32. The Bertz CT molecular complexity index is 699. The summed E-state index contributed by atoms with van der Waals surface area (Å²) in [7, 11) is 0. The van der Waals surface area contributed by atoms with Gasteiger partial charge in [-0.05, 0) is 48.8 Å². The minimum Gasteiger partial charge on any atom is -0.317 e. The molecule has 2 rings (SSSR count). The van der Waals surface area contributed by atoms with Crippen LogP contribution in [0.25, 0.3) is 5.69 Å². The largest absolute Gasteiger partial charge is 0.317 e. The van der Waals surface area contributed by atoms with Gasteiger partial charge in [-0.2, -0.15) is 5.10 Å². The Morgan fingerprint density at radius 1 is 1.19 bits per heavy atom. The van der Waals surface area contributed by atoms with Crippen LogP contribution < -0.4 is 5.43 Å². The first-order chi connectivity index (χ1) is 9.91. The molecule has 0 saturated carbocycles. The van der Waals surface area contributed by atoms with E-state index in [9.17, 15) is 4.79 Å². The summed E-state index contributed by atoms with van der Waals surface area (Å²) in [5.74, 6) is -0.185. The number of carbonyl (C=O) groups is 1. The van der Waals surface area contributed by atoms with Crippen LogP contribution in [-0.2, 0) is 4.79 Å². The topological polar surface area (TPSA) is 46.4 Å². The van der Waals surface area contributed by atoms with Crippen LogP contribution in [0.3, 0.4) is 0 Å². The number of aromatic nitrogens is 1. The van der Waals surface area contributed by atoms with Gasteiger partial charge < -0.3 is 4.57 Å². The molecule has 5 heteroatoms. The van der Waals surface area contributed by atoms with Crippen molar-refractivity contribution in [2.45, 2.75) is 27.7 Å². The molecule has 110 valence electrons. The Balaban J connectivity index is 2.47. The molecular weight excluding hydrogens is 330 g/mol. The summed E-state index contributed by atoms with van der Waals surface area (Å²) in [5, 5.41) is 3.96. The second kappa shape index (κ2) is 6.26. The fourth-order valence-corrected chi connectivity index (χ4v) is 2.81. The van der Waals surface area contributed by atoms with Crippen molar-refractivity contribution in [3.8, 4) is 5.69 Å². The number of aryl methyl sites for hydroxylation is 1. The Labute approximate surface area is 133 Å². The van der Waals surface area contributed by atoms with Gasteiger partial charge in [-0.3, -0.25) is 4.79 Å². The fraction of sp³-hybridized carbons (Fsp3) is 0.250. The number of carbonyl (C=O) groups excluding carboxylic acids is 1. The lowest BCUT2D eigenvalue weighted by Crippen LogP contribution is -2.12. The van der Waals surface area contributed by atoms with E-state index in [-0.39, 0.29) is 5.91 Å². The quantitative estimate of drug-likeness (QED) is 0.668. The van der Waals surface area contributed by atoms with Crippen LogP contribution in [0.2, 0.25) is 0 Å². The van der Waals surface area contributed by atoms with Crippen molar-refractivity contribution in [2.75, 3.05) is 0 Å². The monoisotopic (exact) mass is 347 g/mol. The maximum Gasteiger partial charge on any atom is 0.236 e. The molecule has 21 heavy (non-hydrogen) atoms. The summed E-state index contributed by atoms with van der Waals surface area (Å²) >= 11 is 3.61. The molecule has 1 N–H and O–H groups in total. The van der Waals surface area contributed by atoms with E-state index in [0.717, 1.165) is 27.1 Å². The van der Waals surface area contributed by atoms with Crippen molar-refractivity contribution >= 4 is 28.1 Å². The molecule has 1 aromatic heterocycles. The maximum atomic E-state index is 10.9. The van der Waals surface area contributed by atoms with Gasteiger partial charge in [0, 0.05) is 34.0 Å². The van der Waals surface area contributed by atoms with E-state index in [1.165, 1.54) is 12.5 Å². The highest BCUT2D eigenvalue weighted by Gasteiger charge is 2.15. The van der Waals surface area contributed by atoms with Crippen LogP contribution in [-0.4, -0.2) is 16.7 Å². The number of nitrogens with zero attached hydrogens (tertiary/aromatic N) is 2. The van der Waals surface area contributed by atoms with E-state index in [4.69, 9.17) is 0 Å². The van der Waals surface area contributed by atoms with Crippen LogP contribution in [0, 0.1) is 20.8 Å². The molecular formula is C16H18BrN3O. The summed E-state index contributed by atoms with van der Waals surface area (Å²) < 4.78 is 3.15. The zero-order valence-electron chi connectivity index (χ0n) is 12.6. The van der Waals surface area contributed by atoms with Gasteiger partial charge in [0.25, 0.3) is 0 Å². The first-order valence-electron chi connectivity index (χ1n) is 6.66. The molecule has 0 aliphatic carbocycles. The van der Waals surface area contributed by atoms with E-state index in [0.29, 0.717) is 0 Å². The van der Waals surface area contributed by atoms with Gasteiger partial charge in [0.05, 0.1) is 6.21 Å². The second-order valence-corrected chi connectivity index (χ2v) is 5.79. The molecule has 0 spiro atoms. The lowest BCUT2D eigenvalue weighted by Gasteiger charge is -2.09. The third-order valence-corrected chi connectivity index (χ3v) is 4.32. The summed E-state index contributed by atoms with van der Waals surface area (Å²) in [6.45, 7) is 7.59. The van der Waals surface area contributed by atoms with Gasteiger partial charge >= 0.3 is 0 Å². The molecule has 0 atom stereocenters. The van der Waals surface area contributed by atoms with Gasteiger partial charge in [0.15, 0.2) is 0 Å². The summed E-state index contributed by atoms with van der Waals surface area (Å²) in [4.78, 5) is 10.9. The highest BCUT2D eigenvalue weighted by Crippen LogP contribution is 2.29. The van der Waals surface area contributed by atoms with Crippen molar-refractivity contribution in [3.63, 3.8) is 0 Å². The average molecular weight is 348 g/mol. The second-order valence-electron chi connectivity index (χ2n) is 5.00. The average Bonchev–Trinajstić information content (AvgIpc) is 2.64. The number of hydrogen-bond donors (Lipinski definition) is 1. The van der Waals surface area contributed by atoms with Gasteiger partial charge in [0.2, 0.25) is 5.91 Å². The first-order valence-corrected chi connectivity index (χ1v) is 7.45. The number of nitrogens with one attached hydrogen (secondary N) is 1. The van der Waals surface area contributed by atoms with Crippen LogP contribution in [0.1, 0.15) is 29.4 Å². The van der Waals surface area contributed by atoms with Gasteiger partial charge in [-0.1, -0.05) is 17.7 Å². The van der Waals surface area contributed by atoms with Crippen molar-refractivity contribution in [3.05, 3.63) is 51.3 Å². The molecule has 0 fully saturated rings. The number of halogens is 1. The van der Waals surface area contributed by atoms with E-state index in [1.54, 1.807) is 6.21 Å².